The van der Waals surface area contributed by atoms with Gasteiger partial charge in [-0.3, -0.25) is 0 Å². The smallest absolute Gasteiger partial charge is 0.223 e. The van der Waals surface area contributed by atoms with E-state index in [1.807, 2.05) is 13.0 Å². The molecule has 1 rings (SSSR count). The molecular formula is C13H23N3O. The Kier molecular flexibility index (Phi) is 5.35. The van der Waals surface area contributed by atoms with Crippen molar-refractivity contribution in [3.63, 3.8) is 0 Å². The number of aliphatic hydroxyl groups excluding tert-OH is 1. The molecule has 0 bridgehead atoms. The highest BCUT2D eigenvalue weighted by Crippen LogP contribution is 2.15. The third-order valence-corrected chi connectivity index (χ3v) is 2.77. The summed E-state index contributed by atoms with van der Waals surface area (Å²) in [5, 5.41) is 12.2. The van der Waals surface area contributed by atoms with Crippen LogP contribution in [-0.4, -0.2) is 27.7 Å². The van der Waals surface area contributed by atoms with E-state index in [4.69, 9.17) is 5.11 Å². The van der Waals surface area contributed by atoms with Crippen LogP contribution in [0, 0.1) is 6.92 Å². The van der Waals surface area contributed by atoms with E-state index in [1.165, 1.54) is 0 Å². The molecule has 0 aliphatic carbocycles. The Hall–Kier alpha value is -1.16. The molecule has 0 radical (unpaired) electrons. The summed E-state index contributed by atoms with van der Waals surface area (Å²) in [5.74, 6) is 1.07. The molecule has 96 valence electrons. The molecule has 0 saturated carbocycles. The van der Waals surface area contributed by atoms with Gasteiger partial charge in [-0.05, 0) is 31.7 Å². The van der Waals surface area contributed by atoms with Gasteiger partial charge in [0.05, 0.1) is 0 Å². The molecule has 0 aliphatic heterocycles. The Balaban J connectivity index is 2.82. The first-order valence-corrected chi connectivity index (χ1v) is 6.29. The third kappa shape index (κ3) is 4.30. The van der Waals surface area contributed by atoms with E-state index in [0.29, 0.717) is 11.9 Å². The van der Waals surface area contributed by atoms with Crippen LogP contribution in [-0.2, 0) is 0 Å². The molecule has 4 heteroatoms. The number of rotatable bonds is 6. The number of anilines is 1. The fourth-order valence-electron chi connectivity index (χ4n) is 1.67. The summed E-state index contributed by atoms with van der Waals surface area (Å²) >= 11 is 0. The number of nitrogens with one attached hydrogen (secondary N) is 1. The minimum atomic E-state index is 0.189. The molecule has 17 heavy (non-hydrogen) atoms. The first-order valence-electron chi connectivity index (χ1n) is 6.29. The maximum Gasteiger partial charge on any atom is 0.223 e. The molecule has 1 aromatic rings. The molecular weight excluding hydrogens is 214 g/mol. The van der Waals surface area contributed by atoms with Crippen molar-refractivity contribution < 1.29 is 5.11 Å². The number of aliphatic hydroxyl groups is 1. The van der Waals surface area contributed by atoms with Crippen LogP contribution in [0.3, 0.4) is 0 Å². The molecule has 1 atom stereocenters. The zero-order valence-electron chi connectivity index (χ0n) is 11.2. The number of aromatic nitrogens is 2. The molecule has 0 amide bonds. The molecule has 0 spiro atoms. The van der Waals surface area contributed by atoms with Gasteiger partial charge in [0.15, 0.2) is 0 Å². The van der Waals surface area contributed by atoms with Crippen LogP contribution in [0.5, 0.6) is 0 Å². The van der Waals surface area contributed by atoms with Crippen LogP contribution in [0.4, 0.5) is 5.95 Å². The number of aryl methyl sites for hydroxylation is 1. The lowest BCUT2D eigenvalue weighted by Crippen LogP contribution is -2.22. The van der Waals surface area contributed by atoms with Gasteiger partial charge in [-0.1, -0.05) is 20.8 Å². The summed E-state index contributed by atoms with van der Waals surface area (Å²) in [7, 11) is 0. The quantitative estimate of drug-likeness (QED) is 0.798. The molecule has 1 aromatic heterocycles. The molecule has 2 N–H and O–H groups in total. The van der Waals surface area contributed by atoms with Gasteiger partial charge in [0, 0.05) is 24.0 Å². The highest BCUT2D eigenvalue weighted by Gasteiger charge is 2.10. The Morgan fingerprint density at radius 2 is 2.06 bits per heavy atom. The van der Waals surface area contributed by atoms with Crippen molar-refractivity contribution in [1.82, 2.24) is 9.97 Å². The van der Waals surface area contributed by atoms with Crippen molar-refractivity contribution in [2.75, 3.05) is 11.9 Å². The highest BCUT2D eigenvalue weighted by atomic mass is 16.3. The van der Waals surface area contributed by atoms with E-state index >= 15 is 0 Å². The van der Waals surface area contributed by atoms with Crippen LogP contribution in [0.1, 0.15) is 50.9 Å². The maximum atomic E-state index is 8.96. The summed E-state index contributed by atoms with van der Waals surface area (Å²) in [6, 6.07) is 2.25. The molecule has 0 aliphatic rings. The van der Waals surface area contributed by atoms with E-state index in [1.54, 1.807) is 0 Å². The van der Waals surface area contributed by atoms with E-state index in [0.717, 1.165) is 24.2 Å². The Morgan fingerprint density at radius 3 is 2.59 bits per heavy atom. The minimum absolute atomic E-state index is 0.189. The molecule has 0 fully saturated rings. The second-order valence-corrected chi connectivity index (χ2v) is 4.67. The van der Waals surface area contributed by atoms with Gasteiger partial charge in [0.25, 0.3) is 0 Å². The topological polar surface area (TPSA) is 58.0 Å². The fraction of sp³-hybridized carbons (Fsp3) is 0.692. The second kappa shape index (κ2) is 6.55. The third-order valence-electron chi connectivity index (χ3n) is 2.77. The van der Waals surface area contributed by atoms with Crippen LogP contribution in [0.15, 0.2) is 6.07 Å². The zero-order chi connectivity index (χ0) is 12.8. The molecule has 0 saturated heterocycles. The van der Waals surface area contributed by atoms with Gasteiger partial charge >= 0.3 is 0 Å². The summed E-state index contributed by atoms with van der Waals surface area (Å²) in [5.41, 5.74) is 2.03. The first-order chi connectivity index (χ1) is 8.06. The lowest BCUT2D eigenvalue weighted by molar-refractivity contribution is 0.278. The van der Waals surface area contributed by atoms with Gasteiger partial charge in [-0.15, -0.1) is 0 Å². The van der Waals surface area contributed by atoms with Gasteiger partial charge in [-0.25, -0.2) is 9.97 Å². The number of nitrogens with zero attached hydrogens (tertiary/aromatic N) is 2. The first kappa shape index (κ1) is 13.9. The van der Waals surface area contributed by atoms with Gasteiger partial charge in [0.2, 0.25) is 5.95 Å². The molecule has 1 heterocycles. The van der Waals surface area contributed by atoms with Crippen molar-refractivity contribution in [2.45, 2.75) is 52.5 Å². The van der Waals surface area contributed by atoms with Gasteiger partial charge in [-0.2, -0.15) is 0 Å². The summed E-state index contributed by atoms with van der Waals surface area (Å²) < 4.78 is 0. The van der Waals surface area contributed by atoms with E-state index in [9.17, 15) is 0 Å². The van der Waals surface area contributed by atoms with Gasteiger partial charge in [0.1, 0.15) is 0 Å². The van der Waals surface area contributed by atoms with E-state index in [-0.39, 0.29) is 12.6 Å². The Bertz CT molecular complexity index is 353. The standard InChI is InChI=1S/C13H23N3O/c1-5-11(6-7-17)15-13-14-10(4)8-12(16-13)9(2)3/h8-9,11,17H,5-7H2,1-4H3,(H,14,15,16). The zero-order valence-corrected chi connectivity index (χ0v) is 11.2. The predicted octanol–water partition coefficient (Wildman–Crippen LogP) is 2.48. The lowest BCUT2D eigenvalue weighted by atomic mass is 10.1. The molecule has 0 aromatic carbocycles. The van der Waals surface area contributed by atoms with Gasteiger partial charge < -0.3 is 10.4 Å². The Labute approximate surface area is 103 Å². The van der Waals surface area contributed by atoms with Crippen LogP contribution >= 0.6 is 0 Å². The van der Waals surface area contributed by atoms with Crippen molar-refractivity contribution in [3.8, 4) is 0 Å². The Morgan fingerprint density at radius 1 is 1.35 bits per heavy atom. The summed E-state index contributed by atoms with van der Waals surface area (Å²) in [6.07, 6.45) is 1.68. The van der Waals surface area contributed by atoms with Crippen molar-refractivity contribution in [1.29, 1.82) is 0 Å². The monoisotopic (exact) mass is 237 g/mol. The predicted molar refractivity (Wildman–Crippen MR) is 70.3 cm³/mol. The van der Waals surface area contributed by atoms with Crippen LogP contribution in [0.2, 0.25) is 0 Å². The summed E-state index contributed by atoms with van der Waals surface area (Å²) in [6.45, 7) is 8.50. The van der Waals surface area contributed by atoms with Crippen molar-refractivity contribution in [2.24, 2.45) is 0 Å². The van der Waals surface area contributed by atoms with E-state index in [2.05, 4.69) is 36.1 Å². The SMILES string of the molecule is CCC(CCO)Nc1nc(C)cc(C(C)C)n1. The fourth-order valence-corrected chi connectivity index (χ4v) is 1.67. The van der Waals surface area contributed by atoms with Crippen LogP contribution < -0.4 is 5.32 Å². The van der Waals surface area contributed by atoms with Crippen LogP contribution in [0.25, 0.3) is 0 Å². The van der Waals surface area contributed by atoms with Crippen molar-refractivity contribution in [3.05, 3.63) is 17.5 Å². The number of hydrogen-bond acceptors (Lipinski definition) is 4. The second-order valence-electron chi connectivity index (χ2n) is 4.67. The highest BCUT2D eigenvalue weighted by molar-refractivity contribution is 5.30. The lowest BCUT2D eigenvalue weighted by Gasteiger charge is -2.17. The average molecular weight is 237 g/mol. The average Bonchev–Trinajstić information content (AvgIpc) is 2.27. The number of hydrogen-bond donors (Lipinski definition) is 2. The largest absolute Gasteiger partial charge is 0.396 e. The normalized spacial score (nSPS) is 12.8. The molecule has 1 unspecified atom stereocenters. The van der Waals surface area contributed by atoms with E-state index < -0.39 is 0 Å². The minimum Gasteiger partial charge on any atom is -0.396 e. The maximum absolute atomic E-state index is 8.96. The summed E-state index contributed by atoms with van der Waals surface area (Å²) in [4.78, 5) is 8.88. The molecule has 4 nitrogen and oxygen atoms in total. The van der Waals surface area contributed by atoms with Crippen molar-refractivity contribution >= 4 is 5.95 Å².